The number of hydrogen-bond acceptors (Lipinski definition) is 8. The molecule has 3 aromatic carbocycles. The zero-order chi connectivity index (χ0) is 31.2. The third-order valence-electron chi connectivity index (χ3n) is 7.11. The molecule has 0 radical (unpaired) electrons. The van der Waals surface area contributed by atoms with Gasteiger partial charge >= 0.3 is 11.9 Å². The maximum Gasteiger partial charge on any atom is 0.338 e. The molecular weight excluding hydrogens is 580 g/mol. The van der Waals surface area contributed by atoms with Crippen molar-refractivity contribution in [3.05, 3.63) is 126 Å². The molecule has 0 saturated heterocycles. The third kappa shape index (κ3) is 6.35. The van der Waals surface area contributed by atoms with E-state index in [0.717, 1.165) is 17.5 Å². The van der Waals surface area contributed by atoms with E-state index in [0.29, 0.717) is 44.1 Å². The summed E-state index contributed by atoms with van der Waals surface area (Å²) in [6.45, 7) is 4.24. The molecule has 1 aromatic heterocycles. The van der Waals surface area contributed by atoms with Crippen LogP contribution in [0, 0.1) is 0 Å². The lowest BCUT2D eigenvalue weighted by molar-refractivity contribution is -0.139. The van der Waals surface area contributed by atoms with Crippen molar-refractivity contribution in [2.75, 3.05) is 13.7 Å². The van der Waals surface area contributed by atoms with Crippen molar-refractivity contribution >= 4 is 29.4 Å². The molecule has 2 heterocycles. The summed E-state index contributed by atoms with van der Waals surface area (Å²) in [5, 5.41) is 9.07. The van der Waals surface area contributed by atoms with E-state index in [1.165, 1.54) is 11.3 Å². The van der Waals surface area contributed by atoms with Gasteiger partial charge in [0, 0.05) is 5.56 Å². The quantitative estimate of drug-likeness (QED) is 0.241. The number of para-hydroxylation sites is 1. The van der Waals surface area contributed by atoms with E-state index in [-0.39, 0.29) is 24.3 Å². The molecule has 10 heteroatoms. The van der Waals surface area contributed by atoms with Gasteiger partial charge < -0.3 is 19.3 Å². The molecule has 0 saturated carbocycles. The van der Waals surface area contributed by atoms with Gasteiger partial charge in [0.1, 0.15) is 24.1 Å². The number of aromatic carboxylic acids is 1. The van der Waals surface area contributed by atoms with Crippen LogP contribution >= 0.6 is 11.3 Å². The molecule has 0 bridgehead atoms. The maximum absolute atomic E-state index is 14.0. The van der Waals surface area contributed by atoms with Crippen LogP contribution in [0.2, 0.25) is 0 Å². The molecule has 44 heavy (non-hydrogen) atoms. The number of ether oxygens (including phenoxy) is 3. The second-order valence-electron chi connectivity index (χ2n) is 10.0. The summed E-state index contributed by atoms with van der Waals surface area (Å²) in [4.78, 5) is 43.7. The molecule has 4 aromatic rings. The number of carbonyl (C=O) groups excluding carboxylic acids is 1. The minimum Gasteiger partial charge on any atom is -0.496 e. The highest BCUT2D eigenvalue weighted by molar-refractivity contribution is 7.07. The smallest absolute Gasteiger partial charge is 0.338 e. The lowest BCUT2D eigenvalue weighted by Crippen LogP contribution is -2.40. The number of aromatic nitrogens is 1. The monoisotopic (exact) mass is 612 g/mol. The lowest BCUT2D eigenvalue weighted by atomic mass is 9.93. The number of carboxylic acid groups (broad SMARTS) is 1. The van der Waals surface area contributed by atoms with Crippen LogP contribution in [0.15, 0.2) is 93.9 Å². The number of carbonyl (C=O) groups is 2. The number of hydrogen-bond donors (Lipinski definition) is 1. The molecule has 5 rings (SSSR count). The van der Waals surface area contributed by atoms with Gasteiger partial charge in [-0.25, -0.2) is 14.6 Å². The summed E-state index contributed by atoms with van der Waals surface area (Å²) in [6.07, 6.45) is 3.11. The Morgan fingerprint density at radius 1 is 1.02 bits per heavy atom. The first-order valence-corrected chi connectivity index (χ1v) is 15.1. The second kappa shape index (κ2) is 13.6. The van der Waals surface area contributed by atoms with Crippen LogP contribution < -0.4 is 24.4 Å². The van der Waals surface area contributed by atoms with E-state index < -0.39 is 18.0 Å². The number of rotatable bonds is 11. The van der Waals surface area contributed by atoms with E-state index in [4.69, 9.17) is 24.3 Å². The Morgan fingerprint density at radius 3 is 2.41 bits per heavy atom. The van der Waals surface area contributed by atoms with Crippen molar-refractivity contribution in [1.82, 2.24) is 4.57 Å². The van der Waals surface area contributed by atoms with Crippen LogP contribution in [-0.4, -0.2) is 35.3 Å². The van der Waals surface area contributed by atoms with Crippen LogP contribution in [-0.2, 0) is 16.1 Å². The van der Waals surface area contributed by atoms with Gasteiger partial charge in [-0.05, 0) is 60.9 Å². The first kappa shape index (κ1) is 30.5. The first-order chi connectivity index (χ1) is 21.3. The number of carboxylic acids is 1. The Kier molecular flexibility index (Phi) is 9.40. The van der Waals surface area contributed by atoms with Crippen molar-refractivity contribution in [2.24, 2.45) is 4.99 Å². The first-order valence-electron chi connectivity index (χ1n) is 14.2. The summed E-state index contributed by atoms with van der Waals surface area (Å²) in [5.41, 5.74) is 3.21. The molecule has 1 unspecified atom stereocenters. The number of allylic oxidation sites excluding steroid dienone is 1. The molecule has 0 amide bonds. The van der Waals surface area contributed by atoms with Crippen molar-refractivity contribution in [1.29, 1.82) is 0 Å². The minimum absolute atomic E-state index is 0.196. The number of fused-ring (bicyclic) bond motifs is 1. The van der Waals surface area contributed by atoms with Crippen LogP contribution in [0.1, 0.15) is 59.8 Å². The van der Waals surface area contributed by atoms with Crippen LogP contribution in [0.4, 0.5) is 0 Å². The van der Waals surface area contributed by atoms with Gasteiger partial charge in [0.05, 0.1) is 35.1 Å². The minimum atomic E-state index is -0.975. The van der Waals surface area contributed by atoms with Crippen LogP contribution in [0.3, 0.4) is 0 Å². The zero-order valence-electron chi connectivity index (χ0n) is 24.6. The van der Waals surface area contributed by atoms with Gasteiger partial charge in [0.2, 0.25) is 0 Å². The molecule has 0 aliphatic carbocycles. The average molecular weight is 613 g/mol. The van der Waals surface area contributed by atoms with Gasteiger partial charge in [-0.15, -0.1) is 0 Å². The standard InChI is InChI=1S/C34H32N2O7S/c1-4-8-26-29(33(40)42-5-2)30(25-9-6-7-10-27(25)41-3)36-31(37)28(44-34(36)35-26)19-21-13-17-24(18-14-21)43-20-22-11-15-23(16-12-22)32(38)39/h6-7,9-19,30H,4-5,8,20H2,1-3H3,(H,38,39). The highest BCUT2D eigenvalue weighted by atomic mass is 32.1. The highest BCUT2D eigenvalue weighted by Gasteiger charge is 2.35. The largest absolute Gasteiger partial charge is 0.496 e. The Labute approximate surface area is 258 Å². The van der Waals surface area contributed by atoms with Gasteiger partial charge in [-0.1, -0.05) is 67.1 Å². The number of nitrogens with zero attached hydrogens (tertiary/aromatic N) is 2. The fourth-order valence-electron chi connectivity index (χ4n) is 5.03. The number of thiazole rings is 1. The zero-order valence-corrected chi connectivity index (χ0v) is 25.4. The molecule has 226 valence electrons. The predicted octanol–water partition coefficient (Wildman–Crippen LogP) is 4.86. The van der Waals surface area contributed by atoms with Gasteiger partial charge in [-0.3, -0.25) is 9.36 Å². The Balaban J connectivity index is 1.51. The fraction of sp³-hybridized carbons (Fsp3) is 0.235. The maximum atomic E-state index is 14.0. The average Bonchev–Trinajstić information content (AvgIpc) is 3.34. The molecule has 1 N–H and O–H groups in total. The van der Waals surface area contributed by atoms with Crippen LogP contribution in [0.25, 0.3) is 6.08 Å². The van der Waals surface area contributed by atoms with Crippen molar-refractivity contribution in [2.45, 2.75) is 39.3 Å². The highest BCUT2D eigenvalue weighted by Crippen LogP contribution is 2.36. The number of methoxy groups -OCH3 is 1. The predicted molar refractivity (Wildman–Crippen MR) is 167 cm³/mol. The van der Waals surface area contributed by atoms with Gasteiger partial charge in [0.25, 0.3) is 5.56 Å². The molecule has 0 spiro atoms. The molecule has 0 fully saturated rings. The van der Waals surface area contributed by atoms with E-state index >= 15 is 0 Å². The van der Waals surface area contributed by atoms with E-state index in [9.17, 15) is 14.4 Å². The molecule has 1 atom stereocenters. The summed E-state index contributed by atoms with van der Waals surface area (Å²) in [5.74, 6) is -0.291. The fourth-order valence-corrected chi connectivity index (χ4v) is 6.05. The third-order valence-corrected chi connectivity index (χ3v) is 8.09. The Bertz CT molecular complexity index is 1890. The normalized spacial score (nSPS) is 14.5. The summed E-state index contributed by atoms with van der Waals surface area (Å²) < 4.78 is 19.0. The topological polar surface area (TPSA) is 116 Å². The number of esters is 1. The molecular formula is C34H32N2O7S. The molecule has 1 aliphatic rings. The number of benzene rings is 3. The summed E-state index contributed by atoms with van der Waals surface area (Å²) in [7, 11) is 1.56. The van der Waals surface area contributed by atoms with E-state index in [1.54, 1.807) is 48.9 Å². The lowest BCUT2D eigenvalue weighted by Gasteiger charge is -2.26. The SMILES string of the molecule is CCCC1=C(C(=O)OCC)C(c2ccccc2OC)n2c(sc(=Cc3ccc(OCc4ccc(C(=O)O)cc4)cc3)c2=O)=N1. The van der Waals surface area contributed by atoms with Crippen molar-refractivity contribution in [3.8, 4) is 11.5 Å². The molecule has 1 aliphatic heterocycles. The van der Waals surface area contributed by atoms with Crippen molar-refractivity contribution < 1.29 is 28.9 Å². The van der Waals surface area contributed by atoms with Crippen LogP contribution in [0.5, 0.6) is 11.5 Å². The van der Waals surface area contributed by atoms with E-state index in [2.05, 4.69) is 0 Å². The molecule has 9 nitrogen and oxygen atoms in total. The van der Waals surface area contributed by atoms with Gasteiger partial charge in [-0.2, -0.15) is 0 Å². The van der Waals surface area contributed by atoms with Gasteiger partial charge in [0.15, 0.2) is 4.80 Å². The van der Waals surface area contributed by atoms with Crippen molar-refractivity contribution in [3.63, 3.8) is 0 Å². The summed E-state index contributed by atoms with van der Waals surface area (Å²) in [6, 6.07) is 20.4. The Hall–Kier alpha value is -4.96. The van der Waals surface area contributed by atoms with E-state index in [1.807, 2.05) is 55.5 Å². The Morgan fingerprint density at radius 2 is 1.75 bits per heavy atom. The summed E-state index contributed by atoms with van der Waals surface area (Å²) >= 11 is 1.27. The second-order valence-corrected chi connectivity index (χ2v) is 11.0.